The summed E-state index contributed by atoms with van der Waals surface area (Å²) in [6.45, 7) is 0. The van der Waals surface area contributed by atoms with Crippen LogP contribution in [0.5, 0.6) is 5.75 Å². The van der Waals surface area contributed by atoms with Crippen molar-refractivity contribution in [3.8, 4) is 5.75 Å². The first-order chi connectivity index (χ1) is 12.9. The SMILES string of the molecule is Cn1cc(C(=O)Nc2ccccc2OC(F)(F)C(F)(F)C(F)F)c(C(F)F)n1. The maximum atomic E-state index is 13.5. The lowest BCUT2D eigenvalue weighted by Crippen LogP contribution is -2.50. The number of carbonyl (C=O) groups excluding carboxylic acids is 1. The molecule has 1 heterocycles. The number of alkyl halides is 8. The van der Waals surface area contributed by atoms with Crippen molar-refractivity contribution in [2.75, 3.05) is 5.32 Å². The fraction of sp³-hybridized carbons (Fsp3) is 0.333. The standard InChI is InChI=1S/C15H11F8N3O2/c1-26-6-7(10(25-26)11(16)17)12(27)24-8-4-2-3-5-9(8)28-15(22,23)14(20,21)13(18)19/h2-6,11,13H,1H3,(H,24,27). The minimum absolute atomic E-state index is 0.614. The van der Waals surface area contributed by atoms with Crippen LogP contribution in [-0.4, -0.2) is 34.1 Å². The molecule has 13 heteroatoms. The van der Waals surface area contributed by atoms with Gasteiger partial charge in [0.05, 0.1) is 11.3 Å². The van der Waals surface area contributed by atoms with Gasteiger partial charge in [0.2, 0.25) is 0 Å². The monoisotopic (exact) mass is 417 g/mol. The van der Waals surface area contributed by atoms with Crippen molar-refractivity contribution >= 4 is 11.6 Å². The number of nitrogens with zero attached hydrogens (tertiary/aromatic N) is 2. The average Bonchev–Trinajstić information content (AvgIpc) is 2.98. The Hall–Kier alpha value is -2.86. The number of nitrogens with one attached hydrogen (secondary N) is 1. The Labute approximate surface area is 151 Å². The van der Waals surface area contributed by atoms with Gasteiger partial charge in [-0.2, -0.15) is 22.7 Å². The maximum Gasteiger partial charge on any atom is 0.470 e. The summed E-state index contributed by atoms with van der Waals surface area (Å²) in [6, 6.07) is 3.82. The minimum atomic E-state index is -5.82. The highest BCUT2D eigenvalue weighted by Gasteiger charge is 2.66. The number of ether oxygens (including phenoxy) is 1. The van der Waals surface area contributed by atoms with Crippen LogP contribution in [0.25, 0.3) is 0 Å². The molecule has 0 atom stereocenters. The second kappa shape index (κ2) is 7.64. The normalized spacial score (nSPS) is 12.5. The van der Waals surface area contributed by atoms with Crippen LogP contribution in [-0.2, 0) is 7.05 Å². The molecule has 0 bridgehead atoms. The van der Waals surface area contributed by atoms with Gasteiger partial charge in [-0.05, 0) is 12.1 Å². The molecule has 1 aromatic carbocycles. The molecule has 154 valence electrons. The first kappa shape index (κ1) is 21.4. The summed E-state index contributed by atoms with van der Waals surface area (Å²) in [5, 5.41) is 5.30. The van der Waals surface area contributed by atoms with Crippen molar-refractivity contribution in [3.05, 3.63) is 41.7 Å². The fourth-order valence-corrected chi connectivity index (χ4v) is 2.02. The van der Waals surface area contributed by atoms with Crippen molar-refractivity contribution < 1.29 is 44.7 Å². The Morgan fingerprint density at radius 2 is 1.75 bits per heavy atom. The van der Waals surface area contributed by atoms with Gasteiger partial charge in [0.25, 0.3) is 12.3 Å². The van der Waals surface area contributed by atoms with Gasteiger partial charge in [-0.1, -0.05) is 12.1 Å². The molecule has 2 aromatic rings. The molecule has 1 aromatic heterocycles. The molecule has 1 N–H and O–H groups in total. The van der Waals surface area contributed by atoms with Crippen molar-refractivity contribution in [2.24, 2.45) is 7.05 Å². The Morgan fingerprint density at radius 1 is 1.14 bits per heavy atom. The van der Waals surface area contributed by atoms with Gasteiger partial charge in [0, 0.05) is 13.2 Å². The van der Waals surface area contributed by atoms with Gasteiger partial charge in [-0.25, -0.2) is 17.6 Å². The van der Waals surface area contributed by atoms with E-state index < -0.39 is 53.5 Å². The van der Waals surface area contributed by atoms with Gasteiger partial charge in [0.15, 0.2) is 0 Å². The van der Waals surface area contributed by atoms with Crippen molar-refractivity contribution in [1.29, 1.82) is 0 Å². The third-order valence-corrected chi connectivity index (χ3v) is 3.34. The quantitative estimate of drug-likeness (QED) is 0.676. The highest BCUT2D eigenvalue weighted by Crippen LogP contribution is 2.42. The molecule has 0 saturated heterocycles. The topological polar surface area (TPSA) is 56.2 Å². The number of amides is 1. The van der Waals surface area contributed by atoms with Crippen LogP contribution < -0.4 is 10.1 Å². The van der Waals surface area contributed by atoms with Crippen molar-refractivity contribution in [1.82, 2.24) is 9.78 Å². The number of aryl methyl sites for hydroxylation is 1. The molecule has 5 nitrogen and oxygen atoms in total. The average molecular weight is 417 g/mol. The Morgan fingerprint density at radius 3 is 2.32 bits per heavy atom. The van der Waals surface area contributed by atoms with E-state index in [2.05, 4.69) is 9.84 Å². The summed E-state index contributed by atoms with van der Waals surface area (Å²) in [5.41, 5.74) is -2.16. The molecule has 0 aliphatic carbocycles. The molecule has 0 fully saturated rings. The number of hydrogen-bond acceptors (Lipinski definition) is 3. The zero-order valence-corrected chi connectivity index (χ0v) is 13.8. The highest BCUT2D eigenvalue weighted by molar-refractivity contribution is 6.05. The predicted molar refractivity (Wildman–Crippen MR) is 79.1 cm³/mol. The number of aromatic nitrogens is 2. The number of hydrogen-bond donors (Lipinski definition) is 1. The summed E-state index contributed by atoms with van der Waals surface area (Å²) in [4.78, 5) is 12.2. The van der Waals surface area contributed by atoms with Crippen LogP contribution in [0.15, 0.2) is 30.5 Å². The summed E-state index contributed by atoms with van der Waals surface area (Å²) in [7, 11) is 1.24. The van der Waals surface area contributed by atoms with E-state index >= 15 is 0 Å². The fourth-order valence-electron chi connectivity index (χ4n) is 2.02. The second-order valence-corrected chi connectivity index (χ2v) is 5.40. The lowest BCUT2D eigenvalue weighted by atomic mass is 10.2. The van der Waals surface area contributed by atoms with Crippen LogP contribution in [0.1, 0.15) is 22.5 Å². The molecule has 0 saturated carbocycles. The number of rotatable bonds is 7. The predicted octanol–water partition coefficient (Wildman–Crippen LogP) is 4.48. The third-order valence-electron chi connectivity index (χ3n) is 3.34. The molecule has 1 amide bonds. The van der Waals surface area contributed by atoms with Crippen LogP contribution in [0.4, 0.5) is 40.8 Å². The van der Waals surface area contributed by atoms with Crippen molar-refractivity contribution in [2.45, 2.75) is 24.9 Å². The first-order valence-corrected chi connectivity index (χ1v) is 7.31. The van der Waals surface area contributed by atoms with Crippen LogP contribution >= 0.6 is 0 Å². The highest BCUT2D eigenvalue weighted by atomic mass is 19.3. The lowest BCUT2D eigenvalue weighted by molar-refractivity contribution is -0.342. The van der Waals surface area contributed by atoms with Crippen LogP contribution in [0, 0.1) is 0 Å². The molecule has 0 radical (unpaired) electrons. The third kappa shape index (κ3) is 4.17. The summed E-state index contributed by atoms with van der Waals surface area (Å²) < 4.78 is 108. The van der Waals surface area contributed by atoms with E-state index in [1.807, 2.05) is 5.32 Å². The molecule has 0 unspecified atom stereocenters. The molecule has 28 heavy (non-hydrogen) atoms. The Bertz CT molecular complexity index is 854. The molecule has 2 rings (SSSR count). The smallest absolute Gasteiger partial charge is 0.426 e. The number of para-hydroxylation sites is 2. The van der Waals surface area contributed by atoms with E-state index in [0.29, 0.717) is 6.07 Å². The number of carbonyl (C=O) groups is 1. The Kier molecular flexibility index (Phi) is 5.85. The molecular formula is C15H11F8N3O2. The lowest BCUT2D eigenvalue weighted by Gasteiger charge is -2.26. The van der Waals surface area contributed by atoms with Crippen LogP contribution in [0.3, 0.4) is 0 Å². The van der Waals surface area contributed by atoms with E-state index in [0.717, 1.165) is 23.0 Å². The van der Waals surface area contributed by atoms with E-state index in [9.17, 15) is 39.9 Å². The number of anilines is 1. The van der Waals surface area contributed by atoms with E-state index in [1.54, 1.807) is 0 Å². The van der Waals surface area contributed by atoms with Gasteiger partial charge in [-0.3, -0.25) is 9.48 Å². The summed E-state index contributed by atoms with van der Waals surface area (Å²) >= 11 is 0. The minimum Gasteiger partial charge on any atom is -0.426 e. The molecule has 0 aliphatic heterocycles. The molecule has 0 spiro atoms. The number of benzene rings is 1. The second-order valence-electron chi connectivity index (χ2n) is 5.40. The van der Waals surface area contributed by atoms with Gasteiger partial charge < -0.3 is 10.1 Å². The van der Waals surface area contributed by atoms with Gasteiger partial charge >= 0.3 is 18.5 Å². The van der Waals surface area contributed by atoms with Crippen molar-refractivity contribution in [3.63, 3.8) is 0 Å². The van der Waals surface area contributed by atoms with E-state index in [1.165, 1.54) is 13.1 Å². The largest absolute Gasteiger partial charge is 0.470 e. The van der Waals surface area contributed by atoms with Crippen LogP contribution in [0.2, 0.25) is 0 Å². The maximum absolute atomic E-state index is 13.5. The van der Waals surface area contributed by atoms with Gasteiger partial charge in [0.1, 0.15) is 11.4 Å². The van der Waals surface area contributed by atoms with Gasteiger partial charge in [-0.15, -0.1) is 0 Å². The molecule has 0 aliphatic rings. The zero-order chi connectivity index (χ0) is 21.3. The summed E-state index contributed by atoms with van der Waals surface area (Å²) in [6.07, 6.45) is -12.6. The Balaban J connectivity index is 2.31. The number of halogens is 8. The summed E-state index contributed by atoms with van der Waals surface area (Å²) in [5.74, 6) is -8.14. The molecular weight excluding hydrogens is 406 g/mol. The van der Waals surface area contributed by atoms with E-state index in [4.69, 9.17) is 0 Å². The van der Waals surface area contributed by atoms with E-state index in [-0.39, 0.29) is 0 Å². The zero-order valence-electron chi connectivity index (χ0n) is 13.8. The first-order valence-electron chi connectivity index (χ1n) is 7.31.